The lowest BCUT2D eigenvalue weighted by atomic mass is 10.2. The second kappa shape index (κ2) is 7.64. The van der Waals surface area contributed by atoms with Gasteiger partial charge in [-0.25, -0.2) is 13.4 Å². The molecule has 2 aromatic heterocycles. The minimum Gasteiger partial charge on any atom is -0.467 e. The second-order valence-corrected chi connectivity index (χ2v) is 9.66. The molecule has 1 aliphatic heterocycles. The molecule has 1 fully saturated rings. The van der Waals surface area contributed by atoms with Crippen LogP contribution in [0, 0.1) is 0 Å². The van der Waals surface area contributed by atoms with Gasteiger partial charge in [0.15, 0.2) is 9.84 Å². The number of fused-ring (bicyclic) bond motifs is 1. The Hall–Kier alpha value is -2.65. The van der Waals surface area contributed by atoms with Crippen LogP contribution in [-0.4, -0.2) is 46.3 Å². The van der Waals surface area contributed by atoms with Gasteiger partial charge in [-0.3, -0.25) is 14.2 Å². The van der Waals surface area contributed by atoms with Gasteiger partial charge in [0, 0.05) is 11.1 Å². The molecule has 8 nitrogen and oxygen atoms in total. The van der Waals surface area contributed by atoms with Crippen LogP contribution < -0.4 is 5.56 Å². The lowest BCUT2D eigenvalue weighted by molar-refractivity contribution is -0.134. The van der Waals surface area contributed by atoms with E-state index < -0.39 is 15.9 Å². The van der Waals surface area contributed by atoms with Gasteiger partial charge >= 0.3 is 0 Å². The zero-order valence-corrected chi connectivity index (χ0v) is 16.9. The highest BCUT2D eigenvalue weighted by molar-refractivity contribution is 7.91. The van der Waals surface area contributed by atoms with Gasteiger partial charge in [-0.2, -0.15) is 0 Å². The molecule has 3 heterocycles. The zero-order valence-electron chi connectivity index (χ0n) is 15.3. The fourth-order valence-electron chi connectivity index (χ4n) is 3.49. The van der Waals surface area contributed by atoms with Crippen LogP contribution in [0.25, 0.3) is 10.9 Å². The molecular formula is C19H18ClN3O5S. The first-order chi connectivity index (χ1) is 13.8. The predicted octanol–water partition coefficient (Wildman–Crippen LogP) is 1.86. The fraction of sp³-hybridized carbons (Fsp3) is 0.316. The predicted molar refractivity (Wildman–Crippen MR) is 107 cm³/mol. The van der Waals surface area contributed by atoms with Gasteiger partial charge in [0.05, 0.1) is 41.5 Å². The summed E-state index contributed by atoms with van der Waals surface area (Å²) in [6, 6.07) is 7.74. The molecule has 0 radical (unpaired) electrons. The molecule has 0 spiro atoms. The molecule has 0 saturated carbocycles. The highest BCUT2D eigenvalue weighted by Gasteiger charge is 2.35. The first kappa shape index (κ1) is 19.7. The van der Waals surface area contributed by atoms with Gasteiger partial charge in [0.2, 0.25) is 5.91 Å². The number of hydrogen-bond donors (Lipinski definition) is 0. The first-order valence-electron chi connectivity index (χ1n) is 8.99. The summed E-state index contributed by atoms with van der Waals surface area (Å²) in [4.78, 5) is 31.5. The third-order valence-corrected chi connectivity index (χ3v) is 6.95. The van der Waals surface area contributed by atoms with E-state index in [9.17, 15) is 18.0 Å². The van der Waals surface area contributed by atoms with Crippen molar-refractivity contribution in [1.82, 2.24) is 14.5 Å². The van der Waals surface area contributed by atoms with Crippen LogP contribution in [0.4, 0.5) is 0 Å². The maximum Gasteiger partial charge on any atom is 0.261 e. The number of hydrogen-bond acceptors (Lipinski definition) is 6. The number of halogens is 1. The standard InChI is InChI=1S/C19H18ClN3O5S/c20-13-3-4-17-16(8-13)19(25)22(12-21-17)10-18(24)23(9-15-2-1-6-28-15)14-5-7-29(26,27)11-14/h1-4,6,8,12,14H,5,7,9-11H2/t14-/m0/s1. The highest BCUT2D eigenvalue weighted by Crippen LogP contribution is 2.21. The minimum atomic E-state index is -3.19. The van der Waals surface area contributed by atoms with Crippen molar-refractivity contribution in [3.63, 3.8) is 0 Å². The van der Waals surface area contributed by atoms with Gasteiger partial charge in [0.25, 0.3) is 5.56 Å². The van der Waals surface area contributed by atoms with Crippen molar-refractivity contribution < 1.29 is 17.6 Å². The molecule has 0 N–H and O–H groups in total. The van der Waals surface area contributed by atoms with Crippen LogP contribution >= 0.6 is 11.6 Å². The van der Waals surface area contributed by atoms with E-state index >= 15 is 0 Å². The van der Waals surface area contributed by atoms with Crippen molar-refractivity contribution in [2.24, 2.45) is 0 Å². The molecular weight excluding hydrogens is 418 g/mol. The van der Waals surface area contributed by atoms with Crippen LogP contribution in [0.2, 0.25) is 5.02 Å². The molecule has 0 bridgehead atoms. The van der Waals surface area contributed by atoms with Crippen molar-refractivity contribution in [2.45, 2.75) is 25.6 Å². The maximum absolute atomic E-state index is 13.1. The third kappa shape index (κ3) is 4.20. The Bertz CT molecular complexity index is 1220. The largest absolute Gasteiger partial charge is 0.467 e. The van der Waals surface area contributed by atoms with Crippen LogP contribution in [0.5, 0.6) is 0 Å². The number of benzene rings is 1. The van der Waals surface area contributed by atoms with Gasteiger partial charge < -0.3 is 9.32 Å². The van der Waals surface area contributed by atoms with E-state index in [4.69, 9.17) is 16.0 Å². The summed E-state index contributed by atoms with van der Waals surface area (Å²) in [7, 11) is -3.19. The summed E-state index contributed by atoms with van der Waals surface area (Å²) >= 11 is 5.97. The number of carbonyl (C=O) groups is 1. The molecule has 152 valence electrons. The van der Waals surface area contributed by atoms with Gasteiger partial charge in [0.1, 0.15) is 12.3 Å². The number of amides is 1. The van der Waals surface area contributed by atoms with Gasteiger partial charge in [-0.15, -0.1) is 0 Å². The van der Waals surface area contributed by atoms with Crippen molar-refractivity contribution in [2.75, 3.05) is 11.5 Å². The lowest BCUT2D eigenvalue weighted by Crippen LogP contribution is -2.43. The Labute approximate surface area is 171 Å². The van der Waals surface area contributed by atoms with Crippen LogP contribution in [0.3, 0.4) is 0 Å². The van der Waals surface area contributed by atoms with E-state index in [1.165, 1.54) is 28.1 Å². The topological polar surface area (TPSA) is 102 Å². The van der Waals surface area contributed by atoms with E-state index in [1.807, 2.05) is 0 Å². The zero-order chi connectivity index (χ0) is 20.6. The number of aromatic nitrogens is 2. The van der Waals surface area contributed by atoms with Crippen molar-refractivity contribution >= 4 is 38.2 Å². The molecule has 10 heteroatoms. The van der Waals surface area contributed by atoms with Crippen LogP contribution in [0.1, 0.15) is 12.2 Å². The number of carbonyl (C=O) groups excluding carboxylic acids is 1. The number of rotatable bonds is 5. The first-order valence-corrected chi connectivity index (χ1v) is 11.2. The smallest absolute Gasteiger partial charge is 0.261 e. The monoisotopic (exact) mass is 435 g/mol. The molecule has 29 heavy (non-hydrogen) atoms. The molecule has 1 aliphatic rings. The molecule has 1 saturated heterocycles. The molecule has 0 unspecified atom stereocenters. The van der Waals surface area contributed by atoms with E-state index in [0.29, 0.717) is 28.1 Å². The Kier molecular flexibility index (Phi) is 5.18. The van der Waals surface area contributed by atoms with Gasteiger partial charge in [-0.1, -0.05) is 11.6 Å². The molecule has 1 aromatic carbocycles. The summed E-state index contributed by atoms with van der Waals surface area (Å²) in [5.41, 5.74) is 0.0975. The van der Waals surface area contributed by atoms with Crippen molar-refractivity contribution in [3.8, 4) is 0 Å². The molecule has 1 atom stereocenters. The average Bonchev–Trinajstić information content (AvgIpc) is 3.31. The quantitative estimate of drug-likeness (QED) is 0.606. The average molecular weight is 436 g/mol. The maximum atomic E-state index is 13.1. The van der Waals surface area contributed by atoms with E-state index in [1.54, 1.807) is 24.3 Å². The van der Waals surface area contributed by atoms with E-state index in [-0.39, 0.29) is 36.1 Å². The summed E-state index contributed by atoms with van der Waals surface area (Å²) < 4.78 is 30.4. The summed E-state index contributed by atoms with van der Waals surface area (Å²) in [6.45, 7) is -0.126. The minimum absolute atomic E-state index is 0.0373. The second-order valence-electron chi connectivity index (χ2n) is 7.00. The van der Waals surface area contributed by atoms with E-state index in [2.05, 4.69) is 4.98 Å². The third-order valence-electron chi connectivity index (χ3n) is 4.97. The summed E-state index contributed by atoms with van der Waals surface area (Å²) in [6.07, 6.45) is 3.16. The van der Waals surface area contributed by atoms with Crippen molar-refractivity contribution in [3.05, 3.63) is 64.1 Å². The van der Waals surface area contributed by atoms with Crippen molar-refractivity contribution in [1.29, 1.82) is 0 Å². The number of nitrogens with zero attached hydrogens (tertiary/aromatic N) is 3. The van der Waals surface area contributed by atoms with Gasteiger partial charge in [-0.05, 0) is 36.8 Å². The highest BCUT2D eigenvalue weighted by atomic mass is 35.5. The molecule has 1 amide bonds. The molecule has 3 aromatic rings. The van der Waals surface area contributed by atoms with E-state index in [0.717, 1.165) is 0 Å². The Balaban J connectivity index is 1.63. The summed E-state index contributed by atoms with van der Waals surface area (Å²) in [5, 5.41) is 0.713. The lowest BCUT2D eigenvalue weighted by Gasteiger charge is -2.27. The van der Waals surface area contributed by atoms with Crippen LogP contribution in [0.15, 0.2) is 52.1 Å². The fourth-order valence-corrected chi connectivity index (χ4v) is 5.40. The molecule has 4 rings (SSSR count). The number of furan rings is 1. The Morgan fingerprint density at radius 2 is 2.17 bits per heavy atom. The SMILES string of the molecule is O=C(Cn1cnc2ccc(Cl)cc2c1=O)N(Cc1ccco1)[C@H]1CCS(=O)(=O)C1. The Morgan fingerprint density at radius 3 is 2.86 bits per heavy atom. The van der Waals surface area contributed by atoms with Crippen LogP contribution in [-0.2, 0) is 27.7 Å². The summed E-state index contributed by atoms with van der Waals surface area (Å²) in [5.74, 6) is 0.0994. The molecule has 0 aliphatic carbocycles. The number of sulfone groups is 1. The Morgan fingerprint density at radius 1 is 1.34 bits per heavy atom. The normalized spacial score (nSPS) is 18.2.